The second kappa shape index (κ2) is 4.85. The van der Waals surface area contributed by atoms with Crippen molar-refractivity contribution in [1.82, 2.24) is 9.78 Å². The van der Waals surface area contributed by atoms with Gasteiger partial charge in [0.1, 0.15) is 0 Å². The molecule has 0 saturated heterocycles. The van der Waals surface area contributed by atoms with Crippen LogP contribution >= 0.6 is 0 Å². The molecular formula is C17H17N3. The van der Waals surface area contributed by atoms with E-state index in [0.29, 0.717) is 0 Å². The Balaban J connectivity index is 2.12. The molecule has 3 aromatic rings. The van der Waals surface area contributed by atoms with E-state index in [1.807, 2.05) is 35.9 Å². The summed E-state index contributed by atoms with van der Waals surface area (Å²) in [5.74, 6) is 0. The quantitative estimate of drug-likeness (QED) is 0.716. The van der Waals surface area contributed by atoms with Crippen LogP contribution in [-0.2, 0) is 0 Å². The van der Waals surface area contributed by atoms with Gasteiger partial charge in [-0.3, -0.25) is 0 Å². The van der Waals surface area contributed by atoms with Crippen molar-refractivity contribution in [1.29, 1.82) is 0 Å². The average molecular weight is 263 g/mol. The number of anilines is 1. The molecule has 0 spiro atoms. The van der Waals surface area contributed by atoms with E-state index in [4.69, 9.17) is 5.73 Å². The Morgan fingerprint density at radius 3 is 2.20 bits per heavy atom. The molecule has 3 heteroatoms. The molecule has 0 aliphatic carbocycles. The van der Waals surface area contributed by atoms with Gasteiger partial charge in [-0.05, 0) is 44.2 Å². The minimum absolute atomic E-state index is 0.759. The Morgan fingerprint density at radius 2 is 1.55 bits per heavy atom. The summed E-state index contributed by atoms with van der Waals surface area (Å²) >= 11 is 0. The number of hydrogen-bond acceptors (Lipinski definition) is 2. The lowest BCUT2D eigenvalue weighted by Gasteiger charge is -2.08. The smallest absolute Gasteiger partial charge is 0.0743 e. The first kappa shape index (κ1) is 12.5. The number of aryl methyl sites for hydroxylation is 2. The van der Waals surface area contributed by atoms with Crippen LogP contribution in [0.2, 0.25) is 0 Å². The summed E-state index contributed by atoms with van der Waals surface area (Å²) in [5.41, 5.74) is 12.0. The summed E-state index contributed by atoms with van der Waals surface area (Å²) in [5, 5.41) is 4.59. The van der Waals surface area contributed by atoms with Gasteiger partial charge < -0.3 is 5.73 Å². The standard InChI is InChI=1S/C17H17N3/c1-12-3-5-14(6-4-12)17-11-13(2)19-20(17)16-9-7-15(18)8-10-16/h3-11H,18H2,1-2H3. The molecule has 3 nitrogen and oxygen atoms in total. The van der Waals surface area contributed by atoms with Crippen LogP contribution in [0.4, 0.5) is 5.69 Å². The van der Waals surface area contributed by atoms with Gasteiger partial charge in [-0.25, -0.2) is 4.68 Å². The molecule has 0 atom stereocenters. The van der Waals surface area contributed by atoms with Crippen molar-refractivity contribution in [3.63, 3.8) is 0 Å². The molecule has 0 saturated carbocycles. The van der Waals surface area contributed by atoms with Crippen molar-refractivity contribution >= 4 is 5.69 Å². The van der Waals surface area contributed by atoms with E-state index in [1.165, 1.54) is 5.56 Å². The van der Waals surface area contributed by atoms with Gasteiger partial charge in [0.25, 0.3) is 0 Å². The maximum Gasteiger partial charge on any atom is 0.0743 e. The SMILES string of the molecule is Cc1ccc(-c2cc(C)nn2-c2ccc(N)cc2)cc1. The Morgan fingerprint density at radius 1 is 0.900 bits per heavy atom. The highest BCUT2D eigenvalue weighted by Crippen LogP contribution is 2.24. The lowest BCUT2D eigenvalue weighted by Crippen LogP contribution is -1.99. The molecule has 20 heavy (non-hydrogen) atoms. The molecule has 1 aromatic heterocycles. The van der Waals surface area contributed by atoms with E-state index in [-0.39, 0.29) is 0 Å². The zero-order valence-electron chi connectivity index (χ0n) is 11.7. The van der Waals surface area contributed by atoms with Gasteiger partial charge in [0.2, 0.25) is 0 Å². The molecule has 100 valence electrons. The maximum atomic E-state index is 5.75. The van der Waals surface area contributed by atoms with Crippen LogP contribution < -0.4 is 5.73 Å². The van der Waals surface area contributed by atoms with Crippen molar-refractivity contribution < 1.29 is 0 Å². The van der Waals surface area contributed by atoms with Crippen molar-refractivity contribution in [2.45, 2.75) is 13.8 Å². The molecule has 0 aliphatic heterocycles. The first-order valence-electron chi connectivity index (χ1n) is 6.63. The van der Waals surface area contributed by atoms with Crippen molar-refractivity contribution in [2.24, 2.45) is 0 Å². The van der Waals surface area contributed by atoms with Gasteiger partial charge in [0, 0.05) is 11.3 Å². The topological polar surface area (TPSA) is 43.8 Å². The number of nitrogens with two attached hydrogens (primary N) is 1. The number of nitrogens with zero attached hydrogens (tertiary/aromatic N) is 2. The monoisotopic (exact) mass is 263 g/mol. The van der Waals surface area contributed by atoms with Crippen LogP contribution in [0, 0.1) is 13.8 Å². The second-order valence-corrected chi connectivity index (χ2v) is 5.04. The van der Waals surface area contributed by atoms with Crippen LogP contribution in [0.25, 0.3) is 16.9 Å². The van der Waals surface area contributed by atoms with Gasteiger partial charge in [-0.1, -0.05) is 29.8 Å². The molecule has 2 aromatic carbocycles. The summed E-state index contributed by atoms with van der Waals surface area (Å²) in [7, 11) is 0. The first-order valence-corrected chi connectivity index (χ1v) is 6.63. The van der Waals surface area contributed by atoms with E-state index >= 15 is 0 Å². The van der Waals surface area contributed by atoms with E-state index in [9.17, 15) is 0 Å². The molecule has 2 N–H and O–H groups in total. The molecule has 0 fully saturated rings. The molecule has 0 bridgehead atoms. The Kier molecular flexibility index (Phi) is 3.03. The molecule has 0 aliphatic rings. The number of hydrogen-bond donors (Lipinski definition) is 1. The predicted molar refractivity (Wildman–Crippen MR) is 82.9 cm³/mol. The third-order valence-electron chi connectivity index (χ3n) is 3.32. The first-order chi connectivity index (χ1) is 9.63. The predicted octanol–water partition coefficient (Wildman–Crippen LogP) is 3.74. The van der Waals surface area contributed by atoms with E-state index in [0.717, 1.165) is 28.3 Å². The largest absolute Gasteiger partial charge is 0.399 e. The molecular weight excluding hydrogens is 246 g/mol. The van der Waals surface area contributed by atoms with Crippen LogP contribution in [0.5, 0.6) is 0 Å². The van der Waals surface area contributed by atoms with Gasteiger partial charge in [0.15, 0.2) is 0 Å². The third kappa shape index (κ3) is 2.30. The zero-order valence-corrected chi connectivity index (χ0v) is 11.7. The average Bonchev–Trinajstić information content (AvgIpc) is 2.82. The van der Waals surface area contributed by atoms with Gasteiger partial charge >= 0.3 is 0 Å². The fraction of sp³-hybridized carbons (Fsp3) is 0.118. The molecule has 0 amide bonds. The summed E-state index contributed by atoms with van der Waals surface area (Å²) < 4.78 is 1.96. The van der Waals surface area contributed by atoms with Gasteiger partial charge in [-0.2, -0.15) is 5.10 Å². The number of aromatic nitrogens is 2. The Bertz CT molecular complexity index is 659. The summed E-state index contributed by atoms with van der Waals surface area (Å²) in [4.78, 5) is 0. The van der Waals surface area contributed by atoms with Crippen molar-refractivity contribution in [3.8, 4) is 16.9 Å². The highest BCUT2D eigenvalue weighted by atomic mass is 15.3. The summed E-state index contributed by atoms with van der Waals surface area (Å²) in [6, 6.07) is 18.3. The van der Waals surface area contributed by atoms with Crippen LogP contribution in [-0.4, -0.2) is 9.78 Å². The van der Waals surface area contributed by atoms with E-state index in [2.05, 4.69) is 42.4 Å². The van der Waals surface area contributed by atoms with Crippen LogP contribution in [0.15, 0.2) is 54.6 Å². The van der Waals surface area contributed by atoms with Crippen molar-refractivity contribution in [3.05, 3.63) is 65.9 Å². The van der Waals surface area contributed by atoms with E-state index < -0.39 is 0 Å². The van der Waals surface area contributed by atoms with Crippen LogP contribution in [0.3, 0.4) is 0 Å². The van der Waals surface area contributed by atoms with Gasteiger partial charge in [-0.15, -0.1) is 0 Å². The number of benzene rings is 2. The minimum atomic E-state index is 0.759. The fourth-order valence-electron chi connectivity index (χ4n) is 2.24. The summed E-state index contributed by atoms with van der Waals surface area (Å²) in [6.07, 6.45) is 0. The Hall–Kier alpha value is -2.55. The fourth-order valence-corrected chi connectivity index (χ4v) is 2.24. The molecule has 3 rings (SSSR count). The van der Waals surface area contributed by atoms with E-state index in [1.54, 1.807) is 0 Å². The normalized spacial score (nSPS) is 10.7. The second-order valence-electron chi connectivity index (χ2n) is 5.04. The lowest BCUT2D eigenvalue weighted by atomic mass is 10.1. The molecule has 1 heterocycles. The number of nitrogen functional groups attached to an aromatic ring is 1. The maximum absolute atomic E-state index is 5.75. The van der Waals surface area contributed by atoms with Gasteiger partial charge in [0.05, 0.1) is 17.1 Å². The Labute approximate surface area is 118 Å². The summed E-state index contributed by atoms with van der Waals surface area (Å²) in [6.45, 7) is 4.10. The highest BCUT2D eigenvalue weighted by Gasteiger charge is 2.09. The molecule has 0 radical (unpaired) electrons. The zero-order chi connectivity index (χ0) is 14.1. The third-order valence-corrected chi connectivity index (χ3v) is 3.32. The molecule has 0 unspecified atom stereocenters. The lowest BCUT2D eigenvalue weighted by molar-refractivity contribution is 0.869. The highest BCUT2D eigenvalue weighted by molar-refractivity contribution is 5.63. The number of rotatable bonds is 2. The van der Waals surface area contributed by atoms with Crippen LogP contribution in [0.1, 0.15) is 11.3 Å². The minimum Gasteiger partial charge on any atom is -0.399 e. The van der Waals surface area contributed by atoms with Crippen molar-refractivity contribution in [2.75, 3.05) is 5.73 Å².